The first kappa shape index (κ1) is 40.2. The Morgan fingerprint density at radius 3 is 2.07 bits per heavy atom. The molecule has 0 rings (SSSR count). The first-order chi connectivity index (χ1) is 20.4. The van der Waals surface area contributed by atoms with E-state index >= 15 is 0 Å². The molecule has 0 aliphatic rings. The van der Waals surface area contributed by atoms with Crippen LogP contribution in [0.5, 0.6) is 0 Å². The second-order valence-corrected chi connectivity index (χ2v) is 11.7. The molecule has 0 aliphatic carbocycles. The van der Waals surface area contributed by atoms with E-state index in [1.54, 1.807) is 6.08 Å². The molecule has 0 fully saturated rings. The molecule has 0 aromatic heterocycles. The Kier molecular flexibility index (Phi) is 28.0. The topological polar surface area (TPSA) is 131 Å². The fraction of sp³-hybridized carbons (Fsp3) is 0.667. The van der Waals surface area contributed by atoms with Crippen LogP contribution in [0.1, 0.15) is 110 Å². The van der Waals surface area contributed by atoms with Gasteiger partial charge >= 0.3 is 7.82 Å². The molecule has 1 amide bonds. The Labute approximate surface area is 255 Å². The first-order valence-electron chi connectivity index (χ1n) is 15.9. The fourth-order valence-electron chi connectivity index (χ4n) is 3.92. The smallest absolute Gasteiger partial charge is 0.387 e. The summed E-state index contributed by atoms with van der Waals surface area (Å²) in [6.45, 7) is 3.88. The van der Waals surface area contributed by atoms with Crippen molar-refractivity contribution in [2.45, 2.75) is 122 Å². The SMILES string of the molecule is CC/C=C\C/C=C\C/C=C\CCCCCC(=O)NC(COP(=O)(O)OCCN)C(O)/C=C/CC/C=C/CCCCCC. The molecule has 5 N–H and O–H groups in total. The van der Waals surface area contributed by atoms with Crippen molar-refractivity contribution in [3.63, 3.8) is 0 Å². The molecule has 0 saturated carbocycles. The van der Waals surface area contributed by atoms with Crippen molar-refractivity contribution >= 4 is 13.7 Å². The molecule has 42 heavy (non-hydrogen) atoms. The van der Waals surface area contributed by atoms with Crippen LogP contribution in [0.25, 0.3) is 0 Å². The number of rotatable bonds is 28. The average Bonchev–Trinajstić information content (AvgIpc) is 2.97. The number of nitrogens with two attached hydrogens (primary N) is 1. The number of unbranched alkanes of at least 4 members (excludes halogenated alkanes) is 8. The minimum Gasteiger partial charge on any atom is -0.387 e. The van der Waals surface area contributed by atoms with Crippen LogP contribution in [-0.2, 0) is 18.4 Å². The predicted molar refractivity (Wildman–Crippen MR) is 175 cm³/mol. The molecule has 0 spiro atoms. The maximum Gasteiger partial charge on any atom is 0.472 e. The van der Waals surface area contributed by atoms with Gasteiger partial charge in [0.15, 0.2) is 0 Å². The number of amides is 1. The third-order valence-corrected chi connectivity index (χ3v) is 7.31. The lowest BCUT2D eigenvalue weighted by Crippen LogP contribution is -2.45. The summed E-state index contributed by atoms with van der Waals surface area (Å²) in [6.07, 6.45) is 34.2. The Morgan fingerprint density at radius 1 is 0.810 bits per heavy atom. The standard InChI is InChI=1S/C33H59N2O6P/c1-3-5-7-9-11-13-15-16-17-19-21-23-25-27-33(37)35-31(30-41-42(38,39)40-29-28-34)32(36)26-24-22-20-18-14-12-10-8-6-4-2/h5,7,11,13-14,16-18,24,26,31-32,36H,3-4,6,8-10,12,15,19-23,25,27-30,34H2,1-2H3,(H,35,37)(H,38,39)/b7-5-,13-11-,17-16-,18-14+,26-24+. The molecule has 9 heteroatoms. The van der Waals surface area contributed by atoms with E-state index in [2.05, 4.69) is 67.8 Å². The number of carbonyl (C=O) groups excluding carboxylic acids is 1. The van der Waals surface area contributed by atoms with Crippen molar-refractivity contribution in [2.24, 2.45) is 5.73 Å². The predicted octanol–water partition coefficient (Wildman–Crippen LogP) is 7.60. The number of hydrogen-bond donors (Lipinski definition) is 4. The van der Waals surface area contributed by atoms with Gasteiger partial charge in [0, 0.05) is 13.0 Å². The zero-order valence-electron chi connectivity index (χ0n) is 26.2. The number of phosphoric acid groups is 1. The van der Waals surface area contributed by atoms with Gasteiger partial charge in [0.05, 0.1) is 25.4 Å². The van der Waals surface area contributed by atoms with Crippen LogP contribution in [0, 0.1) is 0 Å². The summed E-state index contributed by atoms with van der Waals surface area (Å²) in [4.78, 5) is 22.4. The monoisotopic (exact) mass is 610 g/mol. The zero-order valence-corrected chi connectivity index (χ0v) is 27.1. The van der Waals surface area contributed by atoms with Crippen LogP contribution >= 0.6 is 7.82 Å². The van der Waals surface area contributed by atoms with Crippen LogP contribution in [-0.4, -0.2) is 47.8 Å². The maximum absolute atomic E-state index is 12.6. The average molecular weight is 611 g/mol. The molecule has 0 aromatic rings. The van der Waals surface area contributed by atoms with E-state index in [1.807, 2.05) is 6.08 Å². The van der Waals surface area contributed by atoms with Crippen molar-refractivity contribution in [3.05, 3.63) is 60.8 Å². The Hall–Kier alpha value is -1.80. The van der Waals surface area contributed by atoms with Gasteiger partial charge in [0.25, 0.3) is 0 Å². The maximum atomic E-state index is 12.6. The van der Waals surface area contributed by atoms with Crippen molar-refractivity contribution in [1.29, 1.82) is 0 Å². The Bertz CT molecular complexity index is 840. The summed E-state index contributed by atoms with van der Waals surface area (Å²) in [6, 6.07) is -0.890. The molecule has 0 heterocycles. The fourth-order valence-corrected chi connectivity index (χ4v) is 4.68. The molecule has 8 nitrogen and oxygen atoms in total. The number of aliphatic hydroxyl groups excluding tert-OH is 1. The highest BCUT2D eigenvalue weighted by molar-refractivity contribution is 7.47. The lowest BCUT2D eigenvalue weighted by Gasteiger charge is -2.23. The first-order valence-corrected chi connectivity index (χ1v) is 17.4. The second-order valence-electron chi connectivity index (χ2n) is 10.3. The quantitative estimate of drug-likeness (QED) is 0.0408. The van der Waals surface area contributed by atoms with Gasteiger partial charge in [-0.3, -0.25) is 13.8 Å². The number of carbonyl (C=O) groups is 1. The van der Waals surface area contributed by atoms with Crippen molar-refractivity contribution in [3.8, 4) is 0 Å². The van der Waals surface area contributed by atoms with Crippen molar-refractivity contribution in [1.82, 2.24) is 5.32 Å². The molecular formula is C33H59N2O6P. The van der Waals surface area contributed by atoms with E-state index < -0.39 is 20.0 Å². The van der Waals surface area contributed by atoms with Gasteiger partial charge in [-0.2, -0.15) is 0 Å². The van der Waals surface area contributed by atoms with E-state index in [0.717, 1.165) is 57.8 Å². The molecule has 0 aliphatic heterocycles. The molecule has 0 aromatic carbocycles. The lowest BCUT2D eigenvalue weighted by atomic mass is 10.1. The Balaban J connectivity index is 4.55. The van der Waals surface area contributed by atoms with Crippen LogP contribution in [0.3, 0.4) is 0 Å². The highest BCUT2D eigenvalue weighted by Crippen LogP contribution is 2.43. The van der Waals surface area contributed by atoms with Gasteiger partial charge < -0.3 is 21.1 Å². The number of aliphatic hydroxyl groups is 1. The lowest BCUT2D eigenvalue weighted by molar-refractivity contribution is -0.123. The van der Waals surface area contributed by atoms with Crippen molar-refractivity contribution in [2.75, 3.05) is 19.8 Å². The minimum absolute atomic E-state index is 0.0659. The summed E-state index contributed by atoms with van der Waals surface area (Å²) >= 11 is 0. The Morgan fingerprint density at radius 2 is 1.40 bits per heavy atom. The van der Waals surface area contributed by atoms with E-state index in [1.165, 1.54) is 25.7 Å². The number of allylic oxidation sites excluding steroid dienone is 9. The van der Waals surface area contributed by atoms with E-state index in [-0.39, 0.29) is 25.7 Å². The van der Waals surface area contributed by atoms with Gasteiger partial charge in [-0.1, -0.05) is 100 Å². The van der Waals surface area contributed by atoms with Gasteiger partial charge in [0.2, 0.25) is 5.91 Å². The summed E-state index contributed by atoms with van der Waals surface area (Å²) in [7, 11) is -4.34. The molecule has 0 saturated heterocycles. The highest BCUT2D eigenvalue weighted by atomic mass is 31.2. The van der Waals surface area contributed by atoms with Gasteiger partial charge in [-0.15, -0.1) is 0 Å². The van der Waals surface area contributed by atoms with E-state index in [4.69, 9.17) is 14.8 Å². The largest absolute Gasteiger partial charge is 0.472 e. The van der Waals surface area contributed by atoms with Crippen molar-refractivity contribution < 1.29 is 28.4 Å². The van der Waals surface area contributed by atoms with Crippen LogP contribution < -0.4 is 11.1 Å². The van der Waals surface area contributed by atoms with Crippen LogP contribution in [0.2, 0.25) is 0 Å². The number of phosphoric ester groups is 1. The number of hydrogen-bond acceptors (Lipinski definition) is 6. The summed E-state index contributed by atoms with van der Waals surface area (Å²) < 4.78 is 21.9. The second kappa shape index (κ2) is 29.3. The third-order valence-electron chi connectivity index (χ3n) is 6.33. The highest BCUT2D eigenvalue weighted by Gasteiger charge is 2.26. The third kappa shape index (κ3) is 27.1. The van der Waals surface area contributed by atoms with E-state index in [0.29, 0.717) is 12.8 Å². The zero-order chi connectivity index (χ0) is 31.2. The summed E-state index contributed by atoms with van der Waals surface area (Å²) in [5.74, 6) is -0.240. The van der Waals surface area contributed by atoms with Gasteiger partial charge in [-0.05, 0) is 64.2 Å². The summed E-state index contributed by atoms with van der Waals surface area (Å²) in [5.41, 5.74) is 5.32. The molecule has 3 unspecified atom stereocenters. The molecule has 0 bridgehead atoms. The van der Waals surface area contributed by atoms with Crippen LogP contribution in [0.4, 0.5) is 0 Å². The molecule has 3 atom stereocenters. The van der Waals surface area contributed by atoms with Gasteiger partial charge in [-0.25, -0.2) is 4.57 Å². The van der Waals surface area contributed by atoms with Crippen LogP contribution in [0.15, 0.2) is 60.8 Å². The number of nitrogens with one attached hydrogen (secondary N) is 1. The summed E-state index contributed by atoms with van der Waals surface area (Å²) in [5, 5.41) is 13.4. The molecule has 242 valence electrons. The van der Waals surface area contributed by atoms with Gasteiger partial charge in [0.1, 0.15) is 0 Å². The normalized spacial score (nSPS) is 15.5. The minimum atomic E-state index is -4.34. The molecule has 0 radical (unpaired) electrons. The van der Waals surface area contributed by atoms with E-state index in [9.17, 15) is 19.4 Å². The molecular weight excluding hydrogens is 551 g/mol.